The molecule has 0 heterocycles. The van der Waals surface area contributed by atoms with Gasteiger partial charge in [0, 0.05) is 24.3 Å². The van der Waals surface area contributed by atoms with E-state index in [4.69, 9.17) is 10.5 Å². The van der Waals surface area contributed by atoms with E-state index in [2.05, 4.69) is 4.90 Å². The van der Waals surface area contributed by atoms with Crippen LogP contribution in [0.25, 0.3) is 0 Å². The average molecular weight is 288 g/mol. The van der Waals surface area contributed by atoms with Gasteiger partial charge in [-0.15, -0.1) is 0 Å². The molecule has 2 N–H and O–H groups in total. The number of hydrogen-bond acceptors (Lipinski definition) is 3. The minimum Gasteiger partial charge on any atom is -0.496 e. The van der Waals surface area contributed by atoms with Crippen molar-refractivity contribution < 1.29 is 9.13 Å². The van der Waals surface area contributed by atoms with Crippen LogP contribution in [-0.2, 0) is 0 Å². The minimum atomic E-state index is -0.248. The first-order valence-electron chi connectivity index (χ1n) is 7.06. The molecule has 0 spiro atoms. The second-order valence-corrected chi connectivity index (χ2v) is 4.76. The minimum absolute atomic E-state index is 0.0621. The second-order valence-electron chi connectivity index (χ2n) is 4.76. The highest BCUT2D eigenvalue weighted by Gasteiger charge is 2.21. The summed E-state index contributed by atoms with van der Waals surface area (Å²) in [6.45, 7) is 3.18. The van der Waals surface area contributed by atoms with Gasteiger partial charge in [-0.1, -0.05) is 24.3 Å². The number of para-hydroxylation sites is 1. The van der Waals surface area contributed by atoms with Gasteiger partial charge in [-0.3, -0.25) is 0 Å². The number of benzene rings is 2. The molecule has 0 aliphatic carbocycles. The monoisotopic (exact) mass is 288 g/mol. The normalized spacial score (nSPS) is 12.0. The van der Waals surface area contributed by atoms with E-state index in [-0.39, 0.29) is 11.9 Å². The first-order chi connectivity index (χ1) is 10.2. The summed E-state index contributed by atoms with van der Waals surface area (Å²) in [7, 11) is 1.64. The Kier molecular flexibility index (Phi) is 5.17. The molecule has 1 unspecified atom stereocenters. The molecule has 0 fully saturated rings. The standard InChI is InChI=1S/C17H21FN2O/c1-3-20(14-8-6-7-13(18)11-14)16(12-19)15-9-4-5-10-17(15)21-2/h4-11,16H,3,12,19H2,1-2H3. The number of nitrogens with two attached hydrogens (primary N) is 1. The Morgan fingerprint density at radius 1 is 1.19 bits per heavy atom. The molecule has 2 aromatic rings. The fraction of sp³-hybridized carbons (Fsp3) is 0.294. The fourth-order valence-corrected chi connectivity index (χ4v) is 2.60. The molecule has 0 radical (unpaired) electrons. The van der Waals surface area contributed by atoms with Crippen molar-refractivity contribution in [2.75, 3.05) is 25.1 Å². The van der Waals surface area contributed by atoms with Crippen molar-refractivity contribution in [2.24, 2.45) is 5.73 Å². The number of anilines is 1. The van der Waals surface area contributed by atoms with Gasteiger partial charge in [0.25, 0.3) is 0 Å². The number of halogens is 1. The van der Waals surface area contributed by atoms with Crippen LogP contribution in [0.4, 0.5) is 10.1 Å². The summed E-state index contributed by atoms with van der Waals surface area (Å²) in [4.78, 5) is 2.08. The summed E-state index contributed by atoms with van der Waals surface area (Å²) >= 11 is 0. The fourth-order valence-electron chi connectivity index (χ4n) is 2.60. The van der Waals surface area contributed by atoms with Crippen LogP contribution in [0.5, 0.6) is 5.75 Å². The number of nitrogens with zero attached hydrogens (tertiary/aromatic N) is 1. The van der Waals surface area contributed by atoms with Gasteiger partial charge in [0.05, 0.1) is 13.2 Å². The topological polar surface area (TPSA) is 38.5 Å². The highest BCUT2D eigenvalue weighted by atomic mass is 19.1. The molecular weight excluding hydrogens is 267 g/mol. The molecule has 21 heavy (non-hydrogen) atoms. The molecule has 2 aromatic carbocycles. The van der Waals surface area contributed by atoms with E-state index in [1.165, 1.54) is 12.1 Å². The maximum Gasteiger partial charge on any atom is 0.125 e. The molecule has 0 saturated carbocycles. The Balaban J connectivity index is 2.42. The van der Waals surface area contributed by atoms with Crippen molar-refractivity contribution in [1.82, 2.24) is 0 Å². The smallest absolute Gasteiger partial charge is 0.125 e. The van der Waals surface area contributed by atoms with Gasteiger partial charge in [0.15, 0.2) is 0 Å². The Morgan fingerprint density at radius 2 is 1.95 bits per heavy atom. The lowest BCUT2D eigenvalue weighted by molar-refractivity contribution is 0.404. The second kappa shape index (κ2) is 7.09. The predicted molar refractivity (Wildman–Crippen MR) is 84.2 cm³/mol. The van der Waals surface area contributed by atoms with Crippen LogP contribution in [0.1, 0.15) is 18.5 Å². The van der Waals surface area contributed by atoms with Crippen molar-refractivity contribution in [1.29, 1.82) is 0 Å². The molecule has 2 rings (SSSR count). The first kappa shape index (κ1) is 15.3. The van der Waals surface area contributed by atoms with Crippen LogP contribution in [0, 0.1) is 5.82 Å². The molecule has 0 aromatic heterocycles. The summed E-state index contributed by atoms with van der Waals surface area (Å²) in [5.41, 5.74) is 7.82. The maximum absolute atomic E-state index is 13.5. The van der Waals surface area contributed by atoms with E-state index in [1.54, 1.807) is 13.2 Å². The van der Waals surface area contributed by atoms with Crippen molar-refractivity contribution in [3.05, 3.63) is 59.9 Å². The maximum atomic E-state index is 13.5. The number of rotatable bonds is 6. The van der Waals surface area contributed by atoms with Gasteiger partial charge in [-0.2, -0.15) is 0 Å². The van der Waals surface area contributed by atoms with E-state index >= 15 is 0 Å². The number of ether oxygens (including phenoxy) is 1. The van der Waals surface area contributed by atoms with Gasteiger partial charge in [0.2, 0.25) is 0 Å². The number of likely N-dealkylation sites (N-methyl/N-ethyl adjacent to an activating group) is 1. The molecule has 0 aliphatic rings. The van der Waals surface area contributed by atoms with Crippen LogP contribution in [0.2, 0.25) is 0 Å². The van der Waals surface area contributed by atoms with Gasteiger partial charge in [-0.25, -0.2) is 4.39 Å². The van der Waals surface area contributed by atoms with E-state index in [9.17, 15) is 4.39 Å². The van der Waals surface area contributed by atoms with Crippen LogP contribution in [0.15, 0.2) is 48.5 Å². The third kappa shape index (κ3) is 3.34. The lowest BCUT2D eigenvalue weighted by Gasteiger charge is -2.33. The first-order valence-corrected chi connectivity index (χ1v) is 7.06. The van der Waals surface area contributed by atoms with Crippen molar-refractivity contribution in [2.45, 2.75) is 13.0 Å². The van der Waals surface area contributed by atoms with Crippen LogP contribution in [0.3, 0.4) is 0 Å². The third-order valence-corrected chi connectivity index (χ3v) is 3.58. The SMILES string of the molecule is CCN(c1cccc(F)c1)C(CN)c1ccccc1OC. The van der Waals surface area contributed by atoms with E-state index in [0.717, 1.165) is 23.5 Å². The van der Waals surface area contributed by atoms with Crippen molar-refractivity contribution in [3.8, 4) is 5.75 Å². The molecule has 0 saturated heterocycles. The van der Waals surface area contributed by atoms with Crippen LogP contribution < -0.4 is 15.4 Å². The molecule has 3 nitrogen and oxygen atoms in total. The quantitative estimate of drug-likeness (QED) is 0.886. The lowest BCUT2D eigenvalue weighted by Crippen LogP contribution is -2.34. The van der Waals surface area contributed by atoms with Gasteiger partial charge in [-0.05, 0) is 31.2 Å². The largest absolute Gasteiger partial charge is 0.496 e. The van der Waals surface area contributed by atoms with Gasteiger partial charge in [0.1, 0.15) is 11.6 Å². The number of hydrogen-bond donors (Lipinski definition) is 1. The lowest BCUT2D eigenvalue weighted by atomic mass is 10.0. The van der Waals surface area contributed by atoms with Crippen LogP contribution >= 0.6 is 0 Å². The van der Waals surface area contributed by atoms with E-state index < -0.39 is 0 Å². The van der Waals surface area contributed by atoms with Gasteiger partial charge < -0.3 is 15.4 Å². The Morgan fingerprint density at radius 3 is 2.57 bits per heavy atom. The summed E-state index contributed by atoms with van der Waals surface area (Å²) in [5.74, 6) is 0.546. The summed E-state index contributed by atoms with van der Waals surface area (Å²) in [5, 5.41) is 0. The molecule has 112 valence electrons. The zero-order valence-electron chi connectivity index (χ0n) is 12.4. The number of methoxy groups -OCH3 is 1. The molecule has 0 aliphatic heterocycles. The van der Waals surface area contributed by atoms with Crippen molar-refractivity contribution in [3.63, 3.8) is 0 Å². The molecular formula is C17H21FN2O. The van der Waals surface area contributed by atoms with E-state index in [0.29, 0.717) is 6.54 Å². The van der Waals surface area contributed by atoms with Crippen LogP contribution in [-0.4, -0.2) is 20.2 Å². The summed E-state index contributed by atoms with van der Waals surface area (Å²) in [6.07, 6.45) is 0. The Hall–Kier alpha value is -2.07. The molecule has 0 bridgehead atoms. The molecule has 4 heteroatoms. The zero-order chi connectivity index (χ0) is 15.2. The summed E-state index contributed by atoms with van der Waals surface area (Å²) in [6, 6.07) is 14.3. The highest BCUT2D eigenvalue weighted by molar-refractivity contribution is 5.51. The zero-order valence-corrected chi connectivity index (χ0v) is 12.4. The van der Waals surface area contributed by atoms with Gasteiger partial charge >= 0.3 is 0 Å². The predicted octanol–water partition coefficient (Wildman–Crippen LogP) is 3.36. The summed E-state index contributed by atoms with van der Waals surface area (Å²) < 4.78 is 18.9. The highest BCUT2D eigenvalue weighted by Crippen LogP contribution is 2.32. The van der Waals surface area contributed by atoms with Crippen molar-refractivity contribution >= 4 is 5.69 Å². The third-order valence-electron chi connectivity index (χ3n) is 3.58. The average Bonchev–Trinajstić information content (AvgIpc) is 2.52. The Bertz CT molecular complexity index is 589. The molecule has 1 atom stereocenters. The molecule has 0 amide bonds. The Labute approximate surface area is 125 Å². The van der Waals surface area contributed by atoms with E-state index in [1.807, 2.05) is 37.3 Å².